The van der Waals surface area contributed by atoms with Gasteiger partial charge < -0.3 is 24.8 Å². The second-order valence-electron chi connectivity index (χ2n) is 7.65. The number of carbonyl (C=O) groups excluding carboxylic acids is 1. The summed E-state index contributed by atoms with van der Waals surface area (Å²) in [4.78, 5) is 14.2. The van der Waals surface area contributed by atoms with Gasteiger partial charge in [0.2, 0.25) is 0 Å². The Kier molecular flexibility index (Phi) is 6.09. The van der Waals surface area contributed by atoms with E-state index in [1.165, 1.54) is 0 Å². The standard InChI is InChI=1S/C22H28N2O4/c1-16-13-24(14-22(16,2)15-25)21(26)23-12-17-8-10-18(11-9-17)28-20-7-5-4-6-19(20)27-3/h4-11,16,25H,12-15H2,1-3H3,(H,23,26). The largest absolute Gasteiger partial charge is 0.493 e. The lowest BCUT2D eigenvalue weighted by molar-refractivity contribution is 0.119. The number of aliphatic hydroxyl groups is 1. The van der Waals surface area contributed by atoms with Gasteiger partial charge >= 0.3 is 6.03 Å². The first-order valence-electron chi connectivity index (χ1n) is 9.48. The molecule has 2 aromatic carbocycles. The molecule has 0 bridgehead atoms. The normalized spacial score (nSPS) is 21.4. The van der Waals surface area contributed by atoms with Crippen molar-refractivity contribution < 1.29 is 19.4 Å². The molecule has 6 nitrogen and oxygen atoms in total. The van der Waals surface area contributed by atoms with Crippen LogP contribution >= 0.6 is 0 Å². The highest BCUT2D eigenvalue weighted by atomic mass is 16.5. The molecule has 2 N–H and O–H groups in total. The van der Waals surface area contributed by atoms with Crippen molar-refractivity contribution in [2.24, 2.45) is 11.3 Å². The second kappa shape index (κ2) is 8.52. The van der Waals surface area contributed by atoms with E-state index in [1.807, 2.05) is 55.5 Å². The van der Waals surface area contributed by atoms with Gasteiger partial charge in [0.25, 0.3) is 0 Å². The molecule has 2 unspecified atom stereocenters. The summed E-state index contributed by atoms with van der Waals surface area (Å²) in [6, 6.07) is 15.0. The van der Waals surface area contributed by atoms with Gasteiger partial charge in [0, 0.05) is 25.0 Å². The molecule has 150 valence electrons. The molecule has 3 rings (SSSR count). The maximum atomic E-state index is 12.4. The molecule has 2 aromatic rings. The Bertz CT molecular complexity index is 808. The fourth-order valence-corrected chi connectivity index (χ4v) is 3.36. The monoisotopic (exact) mass is 384 g/mol. The first-order valence-corrected chi connectivity index (χ1v) is 9.48. The highest BCUT2D eigenvalue weighted by molar-refractivity contribution is 5.74. The number of amides is 2. The molecule has 28 heavy (non-hydrogen) atoms. The van der Waals surface area contributed by atoms with Crippen LogP contribution in [0.4, 0.5) is 4.79 Å². The van der Waals surface area contributed by atoms with E-state index < -0.39 is 0 Å². The third kappa shape index (κ3) is 4.39. The van der Waals surface area contributed by atoms with Gasteiger partial charge in [-0.15, -0.1) is 0 Å². The summed E-state index contributed by atoms with van der Waals surface area (Å²) in [5, 5.41) is 12.5. The zero-order valence-corrected chi connectivity index (χ0v) is 16.6. The smallest absolute Gasteiger partial charge is 0.317 e. The molecule has 2 amide bonds. The van der Waals surface area contributed by atoms with Crippen LogP contribution in [0.3, 0.4) is 0 Å². The minimum Gasteiger partial charge on any atom is -0.493 e. The lowest BCUT2D eigenvalue weighted by Gasteiger charge is -2.25. The van der Waals surface area contributed by atoms with E-state index >= 15 is 0 Å². The van der Waals surface area contributed by atoms with E-state index in [4.69, 9.17) is 9.47 Å². The fourth-order valence-electron chi connectivity index (χ4n) is 3.36. The molecule has 6 heteroatoms. The number of hydrogen-bond acceptors (Lipinski definition) is 4. The molecule has 1 aliphatic heterocycles. The average molecular weight is 384 g/mol. The van der Waals surface area contributed by atoms with E-state index in [9.17, 15) is 9.90 Å². The second-order valence-corrected chi connectivity index (χ2v) is 7.65. The first kappa shape index (κ1) is 20.0. The molecule has 0 aromatic heterocycles. The van der Waals surface area contributed by atoms with Crippen molar-refractivity contribution in [3.05, 3.63) is 54.1 Å². The lowest BCUT2D eigenvalue weighted by atomic mass is 9.82. The van der Waals surface area contributed by atoms with Gasteiger partial charge in [-0.2, -0.15) is 0 Å². The number of urea groups is 1. The average Bonchev–Trinajstić information content (AvgIpc) is 3.03. The number of nitrogens with zero attached hydrogens (tertiary/aromatic N) is 1. The molecule has 2 atom stereocenters. The van der Waals surface area contributed by atoms with Crippen molar-refractivity contribution in [2.45, 2.75) is 20.4 Å². The summed E-state index contributed by atoms with van der Waals surface area (Å²) < 4.78 is 11.2. The number of carbonyl (C=O) groups is 1. The van der Waals surface area contributed by atoms with Gasteiger partial charge in [0.05, 0.1) is 13.7 Å². The van der Waals surface area contributed by atoms with Gasteiger partial charge in [-0.25, -0.2) is 4.79 Å². The van der Waals surface area contributed by atoms with E-state index in [1.54, 1.807) is 12.0 Å². The summed E-state index contributed by atoms with van der Waals surface area (Å²) in [6.07, 6.45) is 0. The Morgan fingerprint density at radius 3 is 2.50 bits per heavy atom. The van der Waals surface area contributed by atoms with E-state index in [0.29, 0.717) is 36.9 Å². The molecular formula is C22H28N2O4. The number of benzene rings is 2. The summed E-state index contributed by atoms with van der Waals surface area (Å²) in [5.41, 5.74) is 0.757. The number of nitrogens with one attached hydrogen (secondary N) is 1. The minimum absolute atomic E-state index is 0.0889. The molecule has 0 saturated carbocycles. The Morgan fingerprint density at radius 1 is 1.21 bits per heavy atom. The molecule has 0 aliphatic carbocycles. The Morgan fingerprint density at radius 2 is 1.89 bits per heavy atom. The van der Waals surface area contributed by atoms with Crippen LogP contribution in [-0.2, 0) is 6.54 Å². The van der Waals surface area contributed by atoms with Crippen molar-refractivity contribution in [3.8, 4) is 17.2 Å². The Labute approximate surface area is 166 Å². The van der Waals surface area contributed by atoms with Crippen molar-refractivity contribution in [1.29, 1.82) is 0 Å². The van der Waals surface area contributed by atoms with Crippen LogP contribution in [-0.4, -0.2) is 42.8 Å². The maximum absolute atomic E-state index is 12.4. The van der Waals surface area contributed by atoms with Crippen molar-refractivity contribution in [1.82, 2.24) is 10.2 Å². The van der Waals surface area contributed by atoms with Crippen LogP contribution in [0.25, 0.3) is 0 Å². The number of para-hydroxylation sites is 2. The maximum Gasteiger partial charge on any atom is 0.317 e. The van der Waals surface area contributed by atoms with Gasteiger partial charge in [-0.3, -0.25) is 0 Å². The van der Waals surface area contributed by atoms with Gasteiger partial charge in [-0.05, 0) is 35.7 Å². The zero-order valence-electron chi connectivity index (χ0n) is 16.6. The predicted molar refractivity (Wildman–Crippen MR) is 108 cm³/mol. The molecule has 1 heterocycles. The van der Waals surface area contributed by atoms with Gasteiger partial charge in [-0.1, -0.05) is 38.1 Å². The Hall–Kier alpha value is -2.73. The number of likely N-dealkylation sites (tertiary alicyclic amines) is 1. The number of methoxy groups -OCH3 is 1. The van der Waals surface area contributed by atoms with Crippen molar-refractivity contribution >= 4 is 6.03 Å². The highest BCUT2D eigenvalue weighted by Crippen LogP contribution is 2.35. The highest BCUT2D eigenvalue weighted by Gasteiger charge is 2.41. The van der Waals surface area contributed by atoms with E-state index in [0.717, 1.165) is 5.56 Å². The number of hydrogen-bond donors (Lipinski definition) is 2. The summed E-state index contributed by atoms with van der Waals surface area (Å²) in [5.74, 6) is 2.30. The van der Waals surface area contributed by atoms with E-state index in [-0.39, 0.29) is 24.0 Å². The molecule has 1 saturated heterocycles. The van der Waals surface area contributed by atoms with Crippen LogP contribution < -0.4 is 14.8 Å². The Balaban J connectivity index is 1.54. The van der Waals surface area contributed by atoms with Crippen molar-refractivity contribution in [2.75, 3.05) is 26.8 Å². The number of ether oxygens (including phenoxy) is 2. The third-order valence-corrected chi connectivity index (χ3v) is 5.55. The summed E-state index contributed by atoms with van der Waals surface area (Å²) >= 11 is 0. The molecule has 0 radical (unpaired) electrons. The van der Waals surface area contributed by atoms with Crippen LogP contribution in [0.2, 0.25) is 0 Å². The zero-order chi connectivity index (χ0) is 20.1. The van der Waals surface area contributed by atoms with E-state index in [2.05, 4.69) is 12.2 Å². The van der Waals surface area contributed by atoms with Crippen molar-refractivity contribution in [3.63, 3.8) is 0 Å². The first-order chi connectivity index (χ1) is 13.4. The number of rotatable bonds is 6. The minimum atomic E-state index is -0.227. The topological polar surface area (TPSA) is 71.0 Å². The third-order valence-electron chi connectivity index (χ3n) is 5.55. The predicted octanol–water partition coefficient (Wildman–Crippen LogP) is 3.65. The van der Waals surface area contributed by atoms with Crippen LogP contribution in [0.1, 0.15) is 19.4 Å². The van der Waals surface area contributed by atoms with Crippen LogP contribution in [0, 0.1) is 11.3 Å². The van der Waals surface area contributed by atoms with Gasteiger partial charge in [0.15, 0.2) is 11.5 Å². The van der Waals surface area contributed by atoms with Gasteiger partial charge in [0.1, 0.15) is 5.75 Å². The SMILES string of the molecule is COc1ccccc1Oc1ccc(CNC(=O)N2CC(C)C(C)(CO)C2)cc1. The lowest BCUT2D eigenvalue weighted by Crippen LogP contribution is -2.39. The molecule has 1 fully saturated rings. The van der Waals surface area contributed by atoms with Crippen LogP contribution in [0.5, 0.6) is 17.2 Å². The molecular weight excluding hydrogens is 356 g/mol. The summed E-state index contributed by atoms with van der Waals surface area (Å²) in [6.45, 7) is 5.85. The van der Waals surface area contributed by atoms with Crippen LogP contribution in [0.15, 0.2) is 48.5 Å². The number of aliphatic hydroxyl groups excluding tert-OH is 1. The molecule has 1 aliphatic rings. The fraction of sp³-hybridized carbons (Fsp3) is 0.409. The molecule has 0 spiro atoms. The summed E-state index contributed by atoms with van der Waals surface area (Å²) in [7, 11) is 1.61. The quantitative estimate of drug-likeness (QED) is 0.798.